The molecule has 1 saturated heterocycles. The minimum Gasteiger partial charge on any atom is -0.340 e. The SMILES string of the molecule is CCCc1nc(N2CCNCC2)[nH]c(=O)c1C#N. The first-order valence-electron chi connectivity index (χ1n) is 6.25. The van der Waals surface area contributed by atoms with Crippen LogP contribution >= 0.6 is 0 Å². The normalized spacial score (nSPS) is 15.4. The lowest BCUT2D eigenvalue weighted by atomic mass is 10.1. The van der Waals surface area contributed by atoms with Crippen LogP contribution in [0.1, 0.15) is 24.6 Å². The minimum absolute atomic E-state index is 0.149. The first-order valence-corrected chi connectivity index (χ1v) is 6.25. The summed E-state index contributed by atoms with van der Waals surface area (Å²) in [6.45, 7) is 5.41. The number of nitrogens with zero attached hydrogens (tertiary/aromatic N) is 3. The lowest BCUT2D eigenvalue weighted by Crippen LogP contribution is -2.45. The molecule has 0 saturated carbocycles. The number of hydrogen-bond acceptors (Lipinski definition) is 5. The fourth-order valence-electron chi connectivity index (χ4n) is 2.07. The lowest BCUT2D eigenvalue weighted by Gasteiger charge is -2.28. The van der Waals surface area contributed by atoms with E-state index in [1.165, 1.54) is 0 Å². The Kier molecular flexibility index (Phi) is 3.95. The monoisotopic (exact) mass is 247 g/mol. The van der Waals surface area contributed by atoms with Crippen LogP contribution in [-0.2, 0) is 6.42 Å². The van der Waals surface area contributed by atoms with Crippen LogP contribution in [0.2, 0.25) is 0 Å². The van der Waals surface area contributed by atoms with Crippen LogP contribution in [0.25, 0.3) is 0 Å². The molecule has 2 heterocycles. The van der Waals surface area contributed by atoms with Crippen LogP contribution in [0.15, 0.2) is 4.79 Å². The molecule has 0 bridgehead atoms. The van der Waals surface area contributed by atoms with Crippen molar-refractivity contribution in [3.05, 3.63) is 21.6 Å². The molecule has 0 aliphatic carbocycles. The Bertz CT molecular complexity index is 510. The van der Waals surface area contributed by atoms with Crippen LogP contribution in [0.4, 0.5) is 5.95 Å². The highest BCUT2D eigenvalue weighted by atomic mass is 16.1. The maximum Gasteiger partial charge on any atom is 0.270 e. The Morgan fingerprint density at radius 1 is 1.44 bits per heavy atom. The second kappa shape index (κ2) is 5.65. The Morgan fingerprint density at radius 3 is 2.78 bits per heavy atom. The van der Waals surface area contributed by atoms with Gasteiger partial charge in [0.1, 0.15) is 11.6 Å². The number of aromatic amines is 1. The van der Waals surface area contributed by atoms with Gasteiger partial charge in [0.15, 0.2) is 0 Å². The summed E-state index contributed by atoms with van der Waals surface area (Å²) in [5.74, 6) is 0.587. The van der Waals surface area contributed by atoms with E-state index in [4.69, 9.17) is 5.26 Å². The van der Waals surface area contributed by atoms with Gasteiger partial charge in [0.2, 0.25) is 5.95 Å². The molecular weight excluding hydrogens is 230 g/mol. The smallest absolute Gasteiger partial charge is 0.270 e. The van der Waals surface area contributed by atoms with Gasteiger partial charge in [-0.1, -0.05) is 13.3 Å². The second-order valence-corrected chi connectivity index (χ2v) is 4.31. The summed E-state index contributed by atoms with van der Waals surface area (Å²) in [6, 6.07) is 1.94. The lowest BCUT2D eigenvalue weighted by molar-refractivity contribution is 0.578. The van der Waals surface area contributed by atoms with Crippen LogP contribution in [0.3, 0.4) is 0 Å². The Hall–Kier alpha value is -1.87. The van der Waals surface area contributed by atoms with Gasteiger partial charge in [-0.05, 0) is 6.42 Å². The average molecular weight is 247 g/mol. The molecule has 1 aliphatic heterocycles. The van der Waals surface area contributed by atoms with E-state index in [1.807, 2.05) is 17.9 Å². The number of hydrogen-bond donors (Lipinski definition) is 2. The third kappa shape index (κ3) is 2.51. The van der Waals surface area contributed by atoms with Crippen molar-refractivity contribution in [3.8, 4) is 6.07 Å². The molecule has 18 heavy (non-hydrogen) atoms. The Morgan fingerprint density at radius 2 is 2.17 bits per heavy atom. The van der Waals surface area contributed by atoms with Crippen molar-refractivity contribution in [2.75, 3.05) is 31.1 Å². The molecule has 6 heteroatoms. The summed E-state index contributed by atoms with van der Waals surface area (Å²) in [4.78, 5) is 21.0. The molecular formula is C12H17N5O. The fourth-order valence-corrected chi connectivity index (χ4v) is 2.07. The highest BCUT2D eigenvalue weighted by Crippen LogP contribution is 2.10. The molecule has 0 amide bonds. The largest absolute Gasteiger partial charge is 0.340 e. The predicted molar refractivity (Wildman–Crippen MR) is 68.7 cm³/mol. The molecule has 1 aromatic heterocycles. The van der Waals surface area contributed by atoms with Crippen LogP contribution in [-0.4, -0.2) is 36.1 Å². The third-order valence-corrected chi connectivity index (χ3v) is 3.00. The summed E-state index contributed by atoms with van der Waals surface area (Å²) < 4.78 is 0. The van der Waals surface area contributed by atoms with Gasteiger partial charge in [-0.15, -0.1) is 0 Å². The zero-order valence-corrected chi connectivity index (χ0v) is 10.5. The number of aryl methyl sites for hydroxylation is 1. The molecule has 1 fully saturated rings. The maximum atomic E-state index is 11.8. The predicted octanol–water partition coefficient (Wildman–Crippen LogP) is 0.00368. The van der Waals surface area contributed by atoms with Crippen molar-refractivity contribution in [2.24, 2.45) is 0 Å². The molecule has 1 aliphatic rings. The van der Waals surface area contributed by atoms with Crippen molar-refractivity contribution in [3.63, 3.8) is 0 Å². The van der Waals surface area contributed by atoms with E-state index >= 15 is 0 Å². The Balaban J connectivity index is 2.37. The highest BCUT2D eigenvalue weighted by Gasteiger charge is 2.16. The van der Waals surface area contributed by atoms with Gasteiger partial charge in [0.25, 0.3) is 5.56 Å². The van der Waals surface area contributed by atoms with Gasteiger partial charge in [-0.2, -0.15) is 5.26 Å². The van der Waals surface area contributed by atoms with E-state index in [1.54, 1.807) is 0 Å². The van der Waals surface area contributed by atoms with E-state index in [-0.39, 0.29) is 11.1 Å². The molecule has 2 N–H and O–H groups in total. The number of anilines is 1. The van der Waals surface area contributed by atoms with Gasteiger partial charge in [0, 0.05) is 26.2 Å². The van der Waals surface area contributed by atoms with Crippen molar-refractivity contribution in [1.82, 2.24) is 15.3 Å². The number of nitrogens with one attached hydrogen (secondary N) is 2. The highest BCUT2D eigenvalue weighted by molar-refractivity contribution is 5.39. The molecule has 2 rings (SSSR count). The van der Waals surface area contributed by atoms with Crippen LogP contribution in [0.5, 0.6) is 0 Å². The van der Waals surface area contributed by atoms with Gasteiger partial charge >= 0.3 is 0 Å². The van der Waals surface area contributed by atoms with Crippen LogP contribution in [0, 0.1) is 11.3 Å². The molecule has 0 atom stereocenters. The number of nitriles is 1. The quantitative estimate of drug-likeness (QED) is 0.785. The number of H-pyrrole nitrogens is 1. The summed E-state index contributed by atoms with van der Waals surface area (Å²) in [5, 5.41) is 12.2. The number of rotatable bonds is 3. The zero-order chi connectivity index (χ0) is 13.0. The molecule has 96 valence electrons. The summed E-state index contributed by atoms with van der Waals surface area (Å²) >= 11 is 0. The van der Waals surface area contributed by atoms with Gasteiger partial charge in [-0.25, -0.2) is 4.98 Å². The number of aromatic nitrogens is 2. The third-order valence-electron chi connectivity index (χ3n) is 3.00. The number of piperazine rings is 1. The molecule has 1 aromatic rings. The van der Waals surface area contributed by atoms with Crippen molar-refractivity contribution in [1.29, 1.82) is 5.26 Å². The second-order valence-electron chi connectivity index (χ2n) is 4.31. The van der Waals surface area contributed by atoms with E-state index in [9.17, 15) is 4.79 Å². The fraction of sp³-hybridized carbons (Fsp3) is 0.583. The molecule has 0 spiro atoms. The van der Waals surface area contributed by atoms with Gasteiger partial charge in [-0.3, -0.25) is 9.78 Å². The van der Waals surface area contributed by atoms with Gasteiger partial charge < -0.3 is 10.2 Å². The van der Waals surface area contributed by atoms with E-state index in [0.29, 0.717) is 18.1 Å². The topological polar surface area (TPSA) is 84.8 Å². The first-order chi connectivity index (χ1) is 8.76. The maximum absolute atomic E-state index is 11.8. The summed E-state index contributed by atoms with van der Waals surface area (Å²) in [5.41, 5.74) is 0.428. The van der Waals surface area contributed by atoms with E-state index < -0.39 is 0 Å². The molecule has 6 nitrogen and oxygen atoms in total. The summed E-state index contributed by atoms with van der Waals surface area (Å²) in [7, 11) is 0. The van der Waals surface area contributed by atoms with Gasteiger partial charge in [0.05, 0.1) is 5.69 Å². The van der Waals surface area contributed by atoms with Crippen LogP contribution < -0.4 is 15.8 Å². The first kappa shape index (κ1) is 12.6. The average Bonchev–Trinajstić information content (AvgIpc) is 2.40. The van der Waals surface area contributed by atoms with Crippen molar-refractivity contribution < 1.29 is 0 Å². The standard InChI is InChI=1S/C12H17N5O/c1-2-3-10-9(8-13)11(18)16-12(15-10)17-6-4-14-5-7-17/h14H,2-7H2,1H3,(H,15,16,18). The molecule has 0 aromatic carbocycles. The van der Waals surface area contributed by atoms with E-state index in [2.05, 4.69) is 15.3 Å². The summed E-state index contributed by atoms with van der Waals surface area (Å²) in [6.07, 6.45) is 1.53. The van der Waals surface area contributed by atoms with Crippen molar-refractivity contribution in [2.45, 2.75) is 19.8 Å². The van der Waals surface area contributed by atoms with Crippen molar-refractivity contribution >= 4 is 5.95 Å². The molecule has 0 unspecified atom stereocenters. The van der Waals surface area contributed by atoms with E-state index in [0.717, 1.165) is 32.6 Å². The Labute approximate surface area is 106 Å². The molecule has 0 radical (unpaired) electrons. The zero-order valence-electron chi connectivity index (χ0n) is 10.5. The minimum atomic E-state index is -0.329.